The number of nitrogens with one attached hydrogen (secondary N) is 1. The number of thioether (sulfide) groups is 1. The van der Waals surface area contributed by atoms with Crippen LogP contribution in [0.15, 0.2) is 47.4 Å². The van der Waals surface area contributed by atoms with Crippen molar-refractivity contribution >= 4 is 11.8 Å². The van der Waals surface area contributed by atoms with E-state index in [-0.39, 0.29) is 5.82 Å². The summed E-state index contributed by atoms with van der Waals surface area (Å²) >= 11 is 1.53. The summed E-state index contributed by atoms with van der Waals surface area (Å²) in [5.74, 6) is -0.312. The average molecular weight is 305 g/mol. The van der Waals surface area contributed by atoms with Gasteiger partial charge in [0.15, 0.2) is 0 Å². The molecule has 1 saturated carbocycles. The highest BCUT2D eigenvalue weighted by atomic mass is 32.2. The lowest BCUT2D eigenvalue weighted by molar-refractivity contribution is 0.591. The van der Waals surface area contributed by atoms with Gasteiger partial charge in [-0.3, -0.25) is 0 Å². The van der Waals surface area contributed by atoms with E-state index in [0.717, 1.165) is 17.5 Å². The van der Waals surface area contributed by atoms with Gasteiger partial charge in [0.25, 0.3) is 0 Å². The quantitative estimate of drug-likeness (QED) is 0.788. The zero-order valence-electron chi connectivity index (χ0n) is 11.6. The lowest BCUT2D eigenvalue weighted by Crippen LogP contribution is -2.15. The zero-order valence-corrected chi connectivity index (χ0v) is 12.4. The van der Waals surface area contributed by atoms with Gasteiger partial charge in [-0.05, 0) is 48.7 Å². The summed E-state index contributed by atoms with van der Waals surface area (Å²) in [7, 11) is 0. The van der Waals surface area contributed by atoms with Crippen molar-refractivity contribution in [1.29, 1.82) is 0 Å². The van der Waals surface area contributed by atoms with Gasteiger partial charge in [-0.25, -0.2) is 8.78 Å². The molecule has 0 bridgehead atoms. The monoisotopic (exact) mass is 305 g/mol. The topological polar surface area (TPSA) is 12.0 Å². The third-order valence-corrected chi connectivity index (χ3v) is 4.52. The molecule has 0 radical (unpaired) electrons. The van der Waals surface area contributed by atoms with Gasteiger partial charge < -0.3 is 5.32 Å². The van der Waals surface area contributed by atoms with Crippen LogP contribution in [0, 0.1) is 11.6 Å². The van der Waals surface area contributed by atoms with Gasteiger partial charge in [-0.2, -0.15) is 0 Å². The predicted octanol–water partition coefficient (Wildman–Crippen LogP) is 4.51. The van der Waals surface area contributed by atoms with Crippen molar-refractivity contribution in [2.75, 3.05) is 0 Å². The van der Waals surface area contributed by atoms with Gasteiger partial charge in [-0.15, -0.1) is 11.8 Å². The Labute approximate surface area is 127 Å². The summed E-state index contributed by atoms with van der Waals surface area (Å²) in [6.07, 6.45) is 2.54. The smallest absolute Gasteiger partial charge is 0.127 e. The number of hydrogen-bond acceptors (Lipinski definition) is 2. The van der Waals surface area contributed by atoms with Crippen molar-refractivity contribution in [3.8, 4) is 0 Å². The van der Waals surface area contributed by atoms with Crippen molar-refractivity contribution in [3.05, 3.63) is 65.2 Å². The van der Waals surface area contributed by atoms with Gasteiger partial charge in [0.2, 0.25) is 0 Å². The van der Waals surface area contributed by atoms with Gasteiger partial charge >= 0.3 is 0 Å². The molecule has 0 aromatic heterocycles. The molecule has 0 aliphatic heterocycles. The van der Waals surface area contributed by atoms with E-state index < -0.39 is 5.82 Å². The second-order valence-corrected chi connectivity index (χ2v) is 6.38. The molecule has 0 amide bonds. The molecule has 0 spiro atoms. The van der Waals surface area contributed by atoms with Crippen molar-refractivity contribution in [1.82, 2.24) is 5.32 Å². The van der Waals surface area contributed by atoms with Crippen LogP contribution in [-0.2, 0) is 12.3 Å². The summed E-state index contributed by atoms with van der Waals surface area (Å²) in [4.78, 5) is 1.08. The first-order valence-electron chi connectivity index (χ1n) is 7.10. The van der Waals surface area contributed by atoms with Gasteiger partial charge in [0, 0.05) is 28.8 Å². The largest absolute Gasteiger partial charge is 0.310 e. The molecular weight excluding hydrogens is 288 g/mol. The van der Waals surface area contributed by atoms with Crippen LogP contribution < -0.4 is 5.32 Å². The molecule has 4 heteroatoms. The van der Waals surface area contributed by atoms with E-state index in [1.165, 1.54) is 42.3 Å². The molecule has 0 unspecified atom stereocenters. The lowest BCUT2D eigenvalue weighted by Gasteiger charge is -2.07. The Kier molecular flexibility index (Phi) is 4.56. The van der Waals surface area contributed by atoms with Crippen LogP contribution in [0.2, 0.25) is 0 Å². The lowest BCUT2D eigenvalue weighted by atomic mass is 10.2. The minimum absolute atomic E-state index is 0.351. The SMILES string of the molecule is Fc1ccc(F)c(CSc2cccc(CNC3CC3)c2)c1. The second kappa shape index (κ2) is 6.58. The minimum atomic E-state index is -0.394. The first kappa shape index (κ1) is 14.5. The predicted molar refractivity (Wildman–Crippen MR) is 82.2 cm³/mol. The summed E-state index contributed by atoms with van der Waals surface area (Å²) in [6, 6.07) is 12.5. The summed E-state index contributed by atoms with van der Waals surface area (Å²) in [5, 5.41) is 3.47. The molecule has 3 rings (SSSR count). The fourth-order valence-corrected chi connectivity index (χ4v) is 3.06. The Morgan fingerprint density at radius 1 is 1.10 bits per heavy atom. The average Bonchev–Trinajstić information content (AvgIpc) is 3.31. The van der Waals surface area contributed by atoms with E-state index in [0.29, 0.717) is 17.4 Å². The third kappa shape index (κ3) is 4.29. The van der Waals surface area contributed by atoms with E-state index >= 15 is 0 Å². The molecule has 2 aromatic rings. The molecule has 1 aliphatic carbocycles. The minimum Gasteiger partial charge on any atom is -0.310 e. The molecule has 1 nitrogen and oxygen atoms in total. The summed E-state index contributed by atoms with van der Waals surface area (Å²) < 4.78 is 26.7. The Hall–Kier alpha value is -1.39. The molecule has 0 heterocycles. The second-order valence-electron chi connectivity index (χ2n) is 5.33. The first-order valence-corrected chi connectivity index (χ1v) is 8.08. The highest BCUT2D eigenvalue weighted by Crippen LogP contribution is 2.26. The molecule has 1 N–H and O–H groups in total. The van der Waals surface area contributed by atoms with Gasteiger partial charge in [0.05, 0.1) is 0 Å². The molecule has 1 fully saturated rings. The zero-order chi connectivity index (χ0) is 14.7. The Balaban J connectivity index is 1.61. The maximum atomic E-state index is 13.6. The summed E-state index contributed by atoms with van der Waals surface area (Å²) in [6.45, 7) is 0.868. The van der Waals surface area contributed by atoms with E-state index in [9.17, 15) is 8.78 Å². The first-order chi connectivity index (χ1) is 10.2. The Morgan fingerprint density at radius 3 is 2.76 bits per heavy atom. The maximum absolute atomic E-state index is 13.6. The van der Waals surface area contributed by atoms with Crippen molar-refractivity contribution in [3.63, 3.8) is 0 Å². The fourth-order valence-electron chi connectivity index (χ4n) is 2.11. The standard InChI is InChI=1S/C17H17F2NS/c18-14-4-7-17(19)13(9-14)11-21-16-3-1-2-12(8-16)10-20-15-5-6-15/h1-4,7-9,15,20H,5-6,10-11H2. The van der Waals surface area contributed by atoms with Crippen LogP contribution in [0.25, 0.3) is 0 Å². The Morgan fingerprint density at radius 2 is 1.95 bits per heavy atom. The van der Waals surface area contributed by atoms with Crippen LogP contribution in [0.1, 0.15) is 24.0 Å². The number of benzene rings is 2. The Bertz CT molecular complexity index is 626. The fraction of sp³-hybridized carbons (Fsp3) is 0.294. The summed E-state index contributed by atoms with van der Waals surface area (Å²) in [5.41, 5.74) is 1.63. The maximum Gasteiger partial charge on any atom is 0.127 e. The molecule has 0 atom stereocenters. The van der Waals surface area contributed by atoms with Crippen LogP contribution in [0.3, 0.4) is 0 Å². The molecule has 0 saturated heterocycles. The molecule has 110 valence electrons. The van der Waals surface area contributed by atoms with Gasteiger partial charge in [-0.1, -0.05) is 12.1 Å². The number of hydrogen-bond donors (Lipinski definition) is 1. The number of rotatable bonds is 6. The van der Waals surface area contributed by atoms with E-state index in [2.05, 4.69) is 17.4 Å². The highest BCUT2D eigenvalue weighted by Gasteiger charge is 2.19. The van der Waals surface area contributed by atoms with Crippen LogP contribution in [-0.4, -0.2) is 6.04 Å². The molecule has 1 aliphatic rings. The highest BCUT2D eigenvalue weighted by molar-refractivity contribution is 7.98. The molecule has 2 aromatic carbocycles. The van der Waals surface area contributed by atoms with Gasteiger partial charge in [0.1, 0.15) is 11.6 Å². The van der Waals surface area contributed by atoms with Crippen molar-refractivity contribution in [2.24, 2.45) is 0 Å². The van der Waals surface area contributed by atoms with Crippen LogP contribution >= 0.6 is 11.8 Å². The van der Waals surface area contributed by atoms with Crippen molar-refractivity contribution < 1.29 is 8.78 Å². The molecular formula is C17H17F2NS. The van der Waals surface area contributed by atoms with Crippen molar-refractivity contribution in [2.45, 2.75) is 36.1 Å². The normalized spacial score (nSPS) is 14.4. The van der Waals surface area contributed by atoms with E-state index in [4.69, 9.17) is 0 Å². The third-order valence-electron chi connectivity index (χ3n) is 3.47. The van der Waals surface area contributed by atoms with E-state index in [1.54, 1.807) is 0 Å². The van der Waals surface area contributed by atoms with Crippen LogP contribution in [0.4, 0.5) is 8.78 Å². The van der Waals surface area contributed by atoms with Crippen LogP contribution in [0.5, 0.6) is 0 Å². The van der Waals surface area contributed by atoms with E-state index in [1.807, 2.05) is 12.1 Å². The number of halogens is 2. The molecule has 21 heavy (non-hydrogen) atoms.